The van der Waals surface area contributed by atoms with Crippen molar-refractivity contribution in [2.45, 2.75) is 31.7 Å². The van der Waals surface area contributed by atoms with Crippen molar-refractivity contribution in [3.05, 3.63) is 23.3 Å². The average molecular weight is 227 g/mol. The first kappa shape index (κ1) is 10.5. The minimum atomic E-state index is -2.45. The number of rotatable bonds is 2. The summed E-state index contributed by atoms with van der Waals surface area (Å²) in [4.78, 5) is 8.28. The molecule has 2 heterocycles. The van der Waals surface area contributed by atoms with Gasteiger partial charge < -0.3 is 5.32 Å². The maximum Gasteiger partial charge on any atom is 0.147 e. The van der Waals surface area contributed by atoms with E-state index in [0.29, 0.717) is 12.4 Å². The number of fused-ring (bicyclic) bond motifs is 1. The second-order valence-corrected chi connectivity index (χ2v) is 5.10. The number of hydrogen-bond donors (Lipinski definition) is 2. The summed E-state index contributed by atoms with van der Waals surface area (Å²) in [5.41, 5.74) is 1.84. The molecule has 0 radical (unpaired) electrons. The van der Waals surface area contributed by atoms with Crippen molar-refractivity contribution >= 4 is 10.7 Å². The predicted octanol–water partition coefficient (Wildman–Crippen LogP) is -0.0737. The standard InChI is InChI=1S/C9H13N3O2S/c1-9(2)6-3-10-8(5-15(13)14)12-7(6)4-11-9/h3,11,15H,4-5H2,1-2H3. The lowest BCUT2D eigenvalue weighted by Crippen LogP contribution is -2.28. The average Bonchev–Trinajstić information content (AvgIpc) is 2.41. The monoisotopic (exact) mass is 227 g/mol. The summed E-state index contributed by atoms with van der Waals surface area (Å²) in [5.74, 6) is 0.299. The van der Waals surface area contributed by atoms with Gasteiger partial charge >= 0.3 is 0 Å². The summed E-state index contributed by atoms with van der Waals surface area (Å²) in [6.07, 6.45) is 1.72. The van der Waals surface area contributed by atoms with Crippen LogP contribution in [0.5, 0.6) is 0 Å². The minimum Gasteiger partial charge on any atom is -0.302 e. The predicted molar refractivity (Wildman–Crippen MR) is 55.9 cm³/mol. The largest absolute Gasteiger partial charge is 0.302 e. The van der Waals surface area contributed by atoms with E-state index in [4.69, 9.17) is 0 Å². The number of aromatic nitrogens is 2. The molecule has 1 aliphatic heterocycles. The van der Waals surface area contributed by atoms with Gasteiger partial charge in [-0.3, -0.25) is 0 Å². The third kappa shape index (κ3) is 2.00. The molecule has 0 aromatic carbocycles. The van der Waals surface area contributed by atoms with Gasteiger partial charge in [0, 0.05) is 23.8 Å². The second kappa shape index (κ2) is 3.53. The molecule has 5 nitrogen and oxygen atoms in total. The molecule has 1 aliphatic rings. The Bertz CT molecular complexity index is 460. The van der Waals surface area contributed by atoms with E-state index in [1.807, 2.05) is 0 Å². The molecule has 0 unspecified atom stereocenters. The Hall–Kier alpha value is -1.01. The molecule has 1 N–H and O–H groups in total. The molecular formula is C9H13N3O2S. The third-order valence-electron chi connectivity index (χ3n) is 2.56. The highest BCUT2D eigenvalue weighted by molar-refractivity contribution is 7.71. The Kier molecular flexibility index (Phi) is 2.47. The van der Waals surface area contributed by atoms with Crippen LogP contribution >= 0.6 is 0 Å². The molecule has 2 rings (SSSR count). The summed E-state index contributed by atoms with van der Waals surface area (Å²) in [7, 11) is -2.45. The van der Waals surface area contributed by atoms with Gasteiger partial charge in [-0.25, -0.2) is 18.4 Å². The zero-order valence-electron chi connectivity index (χ0n) is 8.65. The van der Waals surface area contributed by atoms with Crippen molar-refractivity contribution in [2.75, 3.05) is 0 Å². The molecule has 15 heavy (non-hydrogen) atoms. The van der Waals surface area contributed by atoms with Gasteiger partial charge in [0.05, 0.1) is 5.69 Å². The Morgan fingerprint density at radius 2 is 2.27 bits per heavy atom. The van der Waals surface area contributed by atoms with Gasteiger partial charge in [-0.15, -0.1) is 0 Å². The lowest BCUT2D eigenvalue weighted by Gasteiger charge is -2.18. The molecule has 1 aromatic rings. The SMILES string of the molecule is CC1(C)NCc2nc(C[SH](=O)=O)ncc21. The number of thiol groups is 1. The fraction of sp³-hybridized carbons (Fsp3) is 0.556. The summed E-state index contributed by atoms with van der Waals surface area (Å²) in [6.45, 7) is 4.78. The Balaban J connectivity index is 2.37. The molecule has 0 bridgehead atoms. The van der Waals surface area contributed by atoms with Crippen molar-refractivity contribution in [3.8, 4) is 0 Å². The van der Waals surface area contributed by atoms with Gasteiger partial charge in [-0.1, -0.05) is 0 Å². The van der Waals surface area contributed by atoms with Crippen LogP contribution in [0, 0.1) is 0 Å². The first-order valence-electron chi connectivity index (χ1n) is 4.71. The maximum atomic E-state index is 10.5. The number of hydrogen-bond acceptors (Lipinski definition) is 5. The lowest BCUT2D eigenvalue weighted by molar-refractivity contribution is 0.442. The van der Waals surface area contributed by atoms with E-state index < -0.39 is 10.7 Å². The summed E-state index contributed by atoms with van der Waals surface area (Å²) in [6, 6.07) is 0. The topological polar surface area (TPSA) is 72.0 Å². The normalized spacial score (nSPS) is 18.1. The molecule has 0 spiro atoms. The highest BCUT2D eigenvalue weighted by Gasteiger charge is 2.30. The smallest absolute Gasteiger partial charge is 0.147 e. The van der Waals surface area contributed by atoms with E-state index in [-0.39, 0.29) is 11.3 Å². The summed E-state index contributed by atoms with van der Waals surface area (Å²) < 4.78 is 21.1. The molecule has 0 saturated heterocycles. The molecule has 0 fully saturated rings. The van der Waals surface area contributed by atoms with Gasteiger partial charge in [-0.2, -0.15) is 0 Å². The van der Waals surface area contributed by atoms with Crippen LogP contribution in [0.25, 0.3) is 0 Å². The van der Waals surface area contributed by atoms with Crippen molar-refractivity contribution in [1.82, 2.24) is 15.3 Å². The second-order valence-electron chi connectivity index (χ2n) is 4.12. The van der Waals surface area contributed by atoms with Crippen LogP contribution in [0.2, 0.25) is 0 Å². The zero-order valence-corrected chi connectivity index (χ0v) is 9.54. The molecule has 0 aliphatic carbocycles. The third-order valence-corrected chi connectivity index (χ3v) is 3.10. The molecular weight excluding hydrogens is 214 g/mol. The maximum absolute atomic E-state index is 10.5. The fourth-order valence-corrected chi connectivity index (χ4v) is 2.09. The molecule has 6 heteroatoms. The van der Waals surface area contributed by atoms with Crippen molar-refractivity contribution in [1.29, 1.82) is 0 Å². The fourth-order valence-electron chi connectivity index (χ4n) is 1.71. The molecule has 0 atom stereocenters. The highest BCUT2D eigenvalue weighted by atomic mass is 32.2. The minimum absolute atomic E-state index is 0.0803. The summed E-state index contributed by atoms with van der Waals surface area (Å²) in [5, 5.41) is 3.29. The summed E-state index contributed by atoms with van der Waals surface area (Å²) >= 11 is 0. The van der Waals surface area contributed by atoms with E-state index >= 15 is 0 Å². The first-order valence-corrected chi connectivity index (χ1v) is 6.07. The van der Waals surface area contributed by atoms with Gasteiger partial charge in [0.15, 0.2) is 0 Å². The molecule has 0 saturated carbocycles. The Labute approximate surface area is 89.9 Å². The van der Waals surface area contributed by atoms with E-state index in [1.165, 1.54) is 0 Å². The van der Waals surface area contributed by atoms with Crippen LogP contribution in [0.4, 0.5) is 0 Å². The highest BCUT2D eigenvalue weighted by Crippen LogP contribution is 2.28. The van der Waals surface area contributed by atoms with Crippen LogP contribution in [0.1, 0.15) is 30.9 Å². The Morgan fingerprint density at radius 1 is 1.53 bits per heavy atom. The number of nitrogens with zero attached hydrogens (tertiary/aromatic N) is 2. The van der Waals surface area contributed by atoms with Crippen LogP contribution < -0.4 is 5.32 Å². The first-order chi connectivity index (χ1) is 6.99. The molecule has 0 amide bonds. The van der Waals surface area contributed by atoms with Gasteiger partial charge in [-0.05, 0) is 13.8 Å². The quantitative estimate of drug-likeness (QED) is 0.692. The van der Waals surface area contributed by atoms with Crippen LogP contribution in [0.3, 0.4) is 0 Å². The van der Waals surface area contributed by atoms with Gasteiger partial charge in [0.25, 0.3) is 0 Å². The van der Waals surface area contributed by atoms with E-state index in [9.17, 15) is 8.42 Å². The zero-order chi connectivity index (χ0) is 11.1. The number of nitrogens with one attached hydrogen (secondary N) is 1. The van der Waals surface area contributed by atoms with E-state index in [2.05, 4.69) is 29.1 Å². The molecule has 1 aromatic heterocycles. The van der Waals surface area contributed by atoms with Crippen molar-refractivity contribution < 1.29 is 8.42 Å². The van der Waals surface area contributed by atoms with Crippen molar-refractivity contribution in [2.24, 2.45) is 0 Å². The van der Waals surface area contributed by atoms with Crippen LogP contribution in [0.15, 0.2) is 6.20 Å². The van der Waals surface area contributed by atoms with Crippen LogP contribution in [-0.4, -0.2) is 18.4 Å². The lowest BCUT2D eigenvalue weighted by atomic mass is 9.99. The van der Waals surface area contributed by atoms with Crippen molar-refractivity contribution in [3.63, 3.8) is 0 Å². The van der Waals surface area contributed by atoms with E-state index in [1.54, 1.807) is 6.20 Å². The van der Waals surface area contributed by atoms with E-state index in [0.717, 1.165) is 11.3 Å². The van der Waals surface area contributed by atoms with Gasteiger partial charge in [0.1, 0.15) is 22.3 Å². The van der Waals surface area contributed by atoms with Crippen LogP contribution in [-0.2, 0) is 28.5 Å². The molecule has 82 valence electrons. The Morgan fingerprint density at radius 3 is 2.93 bits per heavy atom. The van der Waals surface area contributed by atoms with Gasteiger partial charge in [0.2, 0.25) is 0 Å².